The Labute approximate surface area is 120 Å². The average molecular weight is 272 g/mol. The molecule has 4 nitrogen and oxygen atoms in total. The lowest BCUT2D eigenvalue weighted by Crippen LogP contribution is -2.39. The first-order valence-electron chi connectivity index (χ1n) is 7.62. The normalized spacial score (nSPS) is 20.9. The SMILES string of the molecule is Cc1cc2cnc(C)n2c([C@H]2CCCN(C(C)C)C2)n1. The van der Waals surface area contributed by atoms with Crippen molar-refractivity contribution in [3.8, 4) is 0 Å². The number of piperidine rings is 1. The summed E-state index contributed by atoms with van der Waals surface area (Å²) in [6, 6.07) is 2.73. The van der Waals surface area contributed by atoms with Gasteiger partial charge in [0.2, 0.25) is 0 Å². The molecule has 2 aromatic rings. The number of likely N-dealkylation sites (tertiary alicyclic amines) is 1. The van der Waals surface area contributed by atoms with Crippen LogP contribution in [0.3, 0.4) is 0 Å². The first-order valence-corrected chi connectivity index (χ1v) is 7.62. The summed E-state index contributed by atoms with van der Waals surface area (Å²) in [5, 5.41) is 0. The molecule has 20 heavy (non-hydrogen) atoms. The van der Waals surface area contributed by atoms with Crippen molar-refractivity contribution in [1.82, 2.24) is 19.3 Å². The van der Waals surface area contributed by atoms with Gasteiger partial charge in [0.15, 0.2) is 0 Å². The van der Waals surface area contributed by atoms with Crippen LogP contribution in [-0.2, 0) is 0 Å². The number of hydrogen-bond acceptors (Lipinski definition) is 3. The Morgan fingerprint density at radius 2 is 2.10 bits per heavy atom. The zero-order valence-electron chi connectivity index (χ0n) is 12.9. The summed E-state index contributed by atoms with van der Waals surface area (Å²) in [5.41, 5.74) is 2.26. The van der Waals surface area contributed by atoms with Gasteiger partial charge in [0.05, 0.1) is 11.7 Å². The quantitative estimate of drug-likeness (QED) is 0.843. The Hall–Kier alpha value is -1.42. The van der Waals surface area contributed by atoms with E-state index in [2.05, 4.69) is 48.0 Å². The van der Waals surface area contributed by atoms with Crippen LogP contribution in [0.4, 0.5) is 0 Å². The topological polar surface area (TPSA) is 33.4 Å². The smallest absolute Gasteiger partial charge is 0.119 e. The van der Waals surface area contributed by atoms with Crippen molar-refractivity contribution in [3.63, 3.8) is 0 Å². The third kappa shape index (κ3) is 2.33. The molecular weight excluding hydrogens is 248 g/mol. The second-order valence-corrected chi connectivity index (χ2v) is 6.25. The van der Waals surface area contributed by atoms with Crippen molar-refractivity contribution >= 4 is 5.52 Å². The molecule has 4 heteroatoms. The maximum atomic E-state index is 4.85. The molecule has 0 spiro atoms. The van der Waals surface area contributed by atoms with Crippen molar-refractivity contribution in [1.29, 1.82) is 0 Å². The number of fused-ring (bicyclic) bond motifs is 1. The standard InChI is InChI=1S/C16H24N4/c1-11(2)19-7-5-6-14(10-19)16-18-12(3)8-15-9-17-13(4)20(15)16/h8-9,11,14H,5-7,10H2,1-4H3/t14-/m0/s1. The summed E-state index contributed by atoms with van der Waals surface area (Å²) in [6.45, 7) is 11.0. The van der Waals surface area contributed by atoms with Crippen LogP contribution in [0.15, 0.2) is 12.3 Å². The van der Waals surface area contributed by atoms with Gasteiger partial charge in [-0.2, -0.15) is 0 Å². The van der Waals surface area contributed by atoms with Crippen molar-refractivity contribution in [3.05, 3.63) is 29.6 Å². The van der Waals surface area contributed by atoms with Crippen LogP contribution in [0.25, 0.3) is 5.52 Å². The minimum atomic E-state index is 0.515. The molecule has 1 saturated heterocycles. The molecule has 0 N–H and O–H groups in total. The lowest BCUT2D eigenvalue weighted by molar-refractivity contribution is 0.164. The van der Waals surface area contributed by atoms with Gasteiger partial charge in [-0.1, -0.05) is 0 Å². The molecule has 2 aromatic heterocycles. The summed E-state index contributed by atoms with van der Waals surface area (Å²) in [6.07, 6.45) is 4.44. The van der Waals surface area contributed by atoms with E-state index in [4.69, 9.17) is 4.98 Å². The Bertz CT molecular complexity index is 614. The highest BCUT2D eigenvalue weighted by Gasteiger charge is 2.26. The van der Waals surface area contributed by atoms with Crippen LogP contribution in [0, 0.1) is 13.8 Å². The summed E-state index contributed by atoms with van der Waals surface area (Å²) in [4.78, 5) is 11.9. The molecule has 1 aliphatic heterocycles. The molecule has 0 bridgehead atoms. The molecule has 0 saturated carbocycles. The zero-order chi connectivity index (χ0) is 14.3. The van der Waals surface area contributed by atoms with Crippen LogP contribution >= 0.6 is 0 Å². The van der Waals surface area contributed by atoms with Crippen LogP contribution in [0.1, 0.15) is 49.9 Å². The molecule has 3 heterocycles. The molecule has 0 unspecified atom stereocenters. The molecule has 1 atom stereocenters. The second-order valence-electron chi connectivity index (χ2n) is 6.25. The van der Waals surface area contributed by atoms with E-state index in [0.29, 0.717) is 12.0 Å². The molecule has 0 aliphatic carbocycles. The van der Waals surface area contributed by atoms with E-state index in [9.17, 15) is 0 Å². The van der Waals surface area contributed by atoms with Crippen LogP contribution in [0.5, 0.6) is 0 Å². The average Bonchev–Trinajstić information content (AvgIpc) is 2.79. The predicted molar refractivity (Wildman–Crippen MR) is 81.1 cm³/mol. The molecule has 3 rings (SSSR count). The lowest BCUT2D eigenvalue weighted by Gasteiger charge is -2.35. The molecular formula is C16H24N4. The Morgan fingerprint density at radius 1 is 1.30 bits per heavy atom. The van der Waals surface area contributed by atoms with E-state index in [1.165, 1.54) is 30.7 Å². The molecule has 0 aromatic carbocycles. The number of hydrogen-bond donors (Lipinski definition) is 0. The van der Waals surface area contributed by atoms with Crippen LogP contribution in [0.2, 0.25) is 0 Å². The molecule has 1 aliphatic rings. The summed E-state index contributed by atoms with van der Waals surface area (Å²) < 4.78 is 2.24. The van der Waals surface area contributed by atoms with Crippen LogP contribution < -0.4 is 0 Å². The van der Waals surface area contributed by atoms with Gasteiger partial charge in [-0.15, -0.1) is 0 Å². The first kappa shape index (κ1) is 13.6. The maximum Gasteiger partial charge on any atom is 0.119 e. The van der Waals surface area contributed by atoms with Crippen LogP contribution in [-0.4, -0.2) is 38.4 Å². The molecule has 108 valence electrons. The van der Waals surface area contributed by atoms with E-state index in [0.717, 1.165) is 18.1 Å². The highest BCUT2D eigenvalue weighted by Crippen LogP contribution is 2.28. The van der Waals surface area contributed by atoms with Gasteiger partial charge < -0.3 is 4.90 Å². The molecule has 0 amide bonds. The van der Waals surface area contributed by atoms with E-state index in [-0.39, 0.29) is 0 Å². The van der Waals surface area contributed by atoms with Gasteiger partial charge >= 0.3 is 0 Å². The first-order chi connectivity index (χ1) is 9.56. The van der Waals surface area contributed by atoms with Crippen molar-refractivity contribution in [2.45, 2.75) is 52.5 Å². The van der Waals surface area contributed by atoms with E-state index >= 15 is 0 Å². The van der Waals surface area contributed by atoms with Gasteiger partial charge in [0, 0.05) is 24.2 Å². The number of aryl methyl sites for hydroxylation is 2. The summed E-state index contributed by atoms with van der Waals surface area (Å²) >= 11 is 0. The van der Waals surface area contributed by atoms with Crippen molar-refractivity contribution in [2.75, 3.05) is 13.1 Å². The fraction of sp³-hybridized carbons (Fsp3) is 0.625. The zero-order valence-corrected chi connectivity index (χ0v) is 12.9. The monoisotopic (exact) mass is 272 g/mol. The molecule has 1 fully saturated rings. The number of imidazole rings is 1. The van der Waals surface area contributed by atoms with Gasteiger partial charge in [-0.05, 0) is 53.1 Å². The summed E-state index contributed by atoms with van der Waals surface area (Å²) in [7, 11) is 0. The largest absolute Gasteiger partial charge is 0.300 e. The third-order valence-corrected chi connectivity index (χ3v) is 4.39. The number of aromatic nitrogens is 3. The van der Waals surface area contributed by atoms with Gasteiger partial charge in [-0.3, -0.25) is 4.40 Å². The number of nitrogens with zero attached hydrogens (tertiary/aromatic N) is 4. The minimum Gasteiger partial charge on any atom is -0.300 e. The Kier molecular flexibility index (Phi) is 3.50. The van der Waals surface area contributed by atoms with Gasteiger partial charge in [0.25, 0.3) is 0 Å². The Balaban J connectivity index is 2.02. The number of rotatable bonds is 2. The Morgan fingerprint density at radius 3 is 2.85 bits per heavy atom. The summed E-state index contributed by atoms with van der Waals surface area (Å²) in [5.74, 6) is 2.76. The van der Waals surface area contributed by atoms with E-state index in [1.54, 1.807) is 0 Å². The van der Waals surface area contributed by atoms with E-state index < -0.39 is 0 Å². The second kappa shape index (κ2) is 5.17. The maximum absolute atomic E-state index is 4.85. The highest BCUT2D eigenvalue weighted by molar-refractivity contribution is 5.48. The van der Waals surface area contributed by atoms with Crippen molar-refractivity contribution in [2.24, 2.45) is 0 Å². The third-order valence-electron chi connectivity index (χ3n) is 4.39. The van der Waals surface area contributed by atoms with Gasteiger partial charge in [-0.25, -0.2) is 9.97 Å². The van der Waals surface area contributed by atoms with E-state index in [1.807, 2.05) is 6.20 Å². The highest BCUT2D eigenvalue weighted by atomic mass is 15.2. The minimum absolute atomic E-state index is 0.515. The fourth-order valence-electron chi connectivity index (χ4n) is 3.30. The van der Waals surface area contributed by atoms with Gasteiger partial charge in [0.1, 0.15) is 11.6 Å². The lowest BCUT2D eigenvalue weighted by atomic mass is 9.96. The fourth-order valence-corrected chi connectivity index (χ4v) is 3.30. The van der Waals surface area contributed by atoms with Crippen molar-refractivity contribution < 1.29 is 0 Å². The molecule has 0 radical (unpaired) electrons. The predicted octanol–water partition coefficient (Wildman–Crippen LogP) is 2.93.